The molecule has 0 aliphatic heterocycles. The lowest BCUT2D eigenvalue weighted by Gasteiger charge is -2.29. The Hall–Kier alpha value is -2.71. The Morgan fingerprint density at radius 1 is 1.23 bits per heavy atom. The highest BCUT2D eigenvalue weighted by atomic mass is 35.5. The SMILES string of the molecule is CN(C(=O)CCc1cccc(F)c1Cl)[C@H](COC(=O)Nc1nc2ccc(F)cc2s1)C[C@@H](O)COP(=O)(O)O. The number of aliphatic hydroxyl groups is 1. The molecule has 0 bridgehead atoms. The summed E-state index contributed by atoms with van der Waals surface area (Å²) in [6, 6.07) is 7.22. The van der Waals surface area contributed by atoms with E-state index in [9.17, 15) is 28.0 Å². The highest BCUT2D eigenvalue weighted by Gasteiger charge is 2.27. The summed E-state index contributed by atoms with van der Waals surface area (Å²) in [4.78, 5) is 48.4. The van der Waals surface area contributed by atoms with E-state index in [0.717, 1.165) is 11.3 Å². The van der Waals surface area contributed by atoms with E-state index in [0.29, 0.717) is 15.8 Å². The number of hydrogen-bond acceptors (Lipinski definition) is 8. The lowest BCUT2D eigenvalue weighted by atomic mass is 10.1. The third kappa shape index (κ3) is 9.46. The number of benzene rings is 2. The minimum atomic E-state index is -4.85. The van der Waals surface area contributed by atoms with Gasteiger partial charge in [-0.1, -0.05) is 35.1 Å². The van der Waals surface area contributed by atoms with Crippen LogP contribution in [0.15, 0.2) is 36.4 Å². The molecule has 212 valence electrons. The van der Waals surface area contributed by atoms with E-state index < -0.39 is 56.8 Å². The van der Waals surface area contributed by atoms with Gasteiger partial charge in [-0.15, -0.1) is 0 Å². The van der Waals surface area contributed by atoms with Crippen molar-refractivity contribution >= 4 is 58.1 Å². The van der Waals surface area contributed by atoms with Crippen LogP contribution >= 0.6 is 30.8 Å². The molecule has 0 unspecified atom stereocenters. The summed E-state index contributed by atoms with van der Waals surface area (Å²) in [7, 11) is -3.46. The van der Waals surface area contributed by atoms with Gasteiger partial charge in [0, 0.05) is 13.5 Å². The Labute approximate surface area is 230 Å². The Kier molecular flexibility index (Phi) is 10.7. The Morgan fingerprint density at radius 3 is 2.69 bits per heavy atom. The van der Waals surface area contributed by atoms with Gasteiger partial charge in [-0.25, -0.2) is 23.1 Å². The van der Waals surface area contributed by atoms with Gasteiger partial charge in [0.15, 0.2) is 5.13 Å². The summed E-state index contributed by atoms with van der Waals surface area (Å²) < 4.78 is 48.1. The van der Waals surface area contributed by atoms with Crippen molar-refractivity contribution < 1.29 is 47.1 Å². The monoisotopic (exact) mass is 607 g/mol. The molecular weight excluding hydrogens is 583 g/mol. The van der Waals surface area contributed by atoms with Crippen molar-refractivity contribution in [1.29, 1.82) is 0 Å². The van der Waals surface area contributed by atoms with Crippen molar-refractivity contribution in [2.45, 2.75) is 31.4 Å². The van der Waals surface area contributed by atoms with E-state index in [4.69, 9.17) is 26.1 Å². The Bertz CT molecular complexity index is 1370. The number of rotatable bonds is 12. The predicted octanol–water partition coefficient (Wildman–Crippen LogP) is 4.10. The molecule has 1 aromatic heterocycles. The highest BCUT2D eigenvalue weighted by Crippen LogP contribution is 2.36. The molecule has 16 heteroatoms. The molecule has 0 spiro atoms. The first kappa shape index (κ1) is 30.8. The second-order valence-corrected chi connectivity index (χ2v) is 11.0. The van der Waals surface area contributed by atoms with Gasteiger partial charge in [0.1, 0.15) is 18.2 Å². The van der Waals surface area contributed by atoms with E-state index >= 15 is 0 Å². The number of phosphoric ester groups is 1. The van der Waals surface area contributed by atoms with Gasteiger partial charge < -0.3 is 24.5 Å². The first-order chi connectivity index (χ1) is 18.3. The maximum absolute atomic E-state index is 13.7. The fourth-order valence-electron chi connectivity index (χ4n) is 3.51. The zero-order valence-corrected chi connectivity index (χ0v) is 22.9. The number of thiazole rings is 1. The lowest BCUT2D eigenvalue weighted by molar-refractivity contribution is -0.133. The van der Waals surface area contributed by atoms with Crippen LogP contribution in [0.2, 0.25) is 5.02 Å². The minimum Gasteiger partial charge on any atom is -0.447 e. The summed E-state index contributed by atoms with van der Waals surface area (Å²) in [5.74, 6) is -1.55. The molecule has 0 aliphatic carbocycles. The number of aliphatic hydroxyl groups excluding tert-OH is 1. The van der Waals surface area contributed by atoms with Crippen LogP contribution in [-0.4, -0.2) is 69.2 Å². The molecule has 11 nitrogen and oxygen atoms in total. The molecule has 0 radical (unpaired) electrons. The summed E-state index contributed by atoms with van der Waals surface area (Å²) in [6.45, 7) is -1.16. The minimum absolute atomic E-state index is 0.0975. The van der Waals surface area contributed by atoms with Crippen molar-refractivity contribution in [2.75, 3.05) is 25.6 Å². The summed E-state index contributed by atoms with van der Waals surface area (Å²) in [5, 5.41) is 12.7. The van der Waals surface area contributed by atoms with Crippen molar-refractivity contribution in [3.63, 3.8) is 0 Å². The van der Waals surface area contributed by atoms with Crippen molar-refractivity contribution in [2.24, 2.45) is 0 Å². The number of hydrogen-bond donors (Lipinski definition) is 4. The van der Waals surface area contributed by atoms with Crippen LogP contribution in [0.3, 0.4) is 0 Å². The van der Waals surface area contributed by atoms with E-state index in [2.05, 4.69) is 14.8 Å². The second-order valence-electron chi connectivity index (χ2n) is 8.40. The number of carbonyl (C=O) groups is 2. The zero-order valence-electron chi connectivity index (χ0n) is 20.4. The number of fused-ring (bicyclic) bond motifs is 1. The highest BCUT2D eigenvalue weighted by molar-refractivity contribution is 7.46. The molecule has 0 aliphatic rings. The predicted molar refractivity (Wildman–Crippen MR) is 139 cm³/mol. The number of anilines is 1. The Morgan fingerprint density at radius 2 is 1.97 bits per heavy atom. The van der Waals surface area contributed by atoms with Gasteiger partial charge in [-0.2, -0.15) is 0 Å². The first-order valence-corrected chi connectivity index (χ1v) is 14.1. The standard InChI is InChI=1S/C23H25ClF2N3O8PS/c1-29(20(31)8-5-13-3-2-4-17(26)21(13)24)15(10-16(30)12-37-38(33,34)35)11-36-23(32)28-22-27-18-7-6-14(25)9-19(18)39-22/h2-4,6-7,9,15-16,30H,5,8,10-12H2,1H3,(H,27,28,32)(H2,33,34,35)/t15-,16+/m0/s1. The number of aryl methyl sites for hydroxylation is 1. The summed E-state index contributed by atoms with van der Waals surface area (Å²) in [6.07, 6.45) is -2.62. The average molecular weight is 608 g/mol. The molecule has 39 heavy (non-hydrogen) atoms. The van der Waals surface area contributed by atoms with Crippen LogP contribution in [0.1, 0.15) is 18.4 Å². The molecule has 0 saturated heterocycles. The maximum atomic E-state index is 13.7. The average Bonchev–Trinajstić information content (AvgIpc) is 3.26. The van der Waals surface area contributed by atoms with E-state index in [-0.39, 0.29) is 29.4 Å². The first-order valence-electron chi connectivity index (χ1n) is 11.4. The summed E-state index contributed by atoms with van der Waals surface area (Å²) in [5.41, 5.74) is 0.878. The molecule has 2 amide bonds. The topological polar surface area (TPSA) is 159 Å². The second kappa shape index (κ2) is 13.6. The van der Waals surface area contributed by atoms with Gasteiger partial charge in [-0.05, 0) is 42.7 Å². The molecule has 2 aromatic carbocycles. The molecule has 0 fully saturated rings. The number of phosphoric acid groups is 1. The maximum Gasteiger partial charge on any atom is 0.469 e. The van der Waals surface area contributed by atoms with Crippen LogP contribution in [0, 0.1) is 11.6 Å². The largest absolute Gasteiger partial charge is 0.469 e. The third-order valence-electron chi connectivity index (χ3n) is 5.53. The number of carbonyl (C=O) groups excluding carboxylic acids is 2. The van der Waals surface area contributed by atoms with Gasteiger partial charge in [-0.3, -0.25) is 14.6 Å². The fourth-order valence-corrected chi connectivity index (χ4v) is 4.98. The number of ether oxygens (including phenoxy) is 1. The fraction of sp³-hybridized carbons (Fsp3) is 0.348. The number of amides is 2. The normalized spacial score (nSPS) is 13.2. The van der Waals surface area contributed by atoms with Crippen LogP contribution in [-0.2, 0) is 25.0 Å². The van der Waals surface area contributed by atoms with E-state index in [1.165, 1.54) is 42.3 Å². The quantitative estimate of drug-likeness (QED) is 0.222. The number of aromatic nitrogens is 1. The third-order valence-corrected chi connectivity index (χ3v) is 7.37. The van der Waals surface area contributed by atoms with Crippen LogP contribution < -0.4 is 5.32 Å². The van der Waals surface area contributed by atoms with Crippen molar-refractivity contribution in [3.05, 3.63) is 58.6 Å². The molecule has 2 atom stereocenters. The lowest BCUT2D eigenvalue weighted by Crippen LogP contribution is -2.43. The number of halogens is 3. The molecule has 1 heterocycles. The van der Waals surface area contributed by atoms with Gasteiger partial charge >= 0.3 is 13.9 Å². The van der Waals surface area contributed by atoms with Crippen LogP contribution in [0.4, 0.5) is 18.7 Å². The zero-order chi connectivity index (χ0) is 28.7. The molecule has 4 N–H and O–H groups in total. The number of likely N-dealkylation sites (N-methyl/N-ethyl adjacent to an activating group) is 1. The Balaban J connectivity index is 1.64. The van der Waals surface area contributed by atoms with E-state index in [1.54, 1.807) is 6.07 Å². The number of nitrogens with zero attached hydrogens (tertiary/aromatic N) is 2. The number of nitrogens with one attached hydrogen (secondary N) is 1. The van der Waals surface area contributed by atoms with E-state index in [1.807, 2.05) is 0 Å². The molecule has 0 saturated carbocycles. The van der Waals surface area contributed by atoms with Gasteiger partial charge in [0.25, 0.3) is 0 Å². The van der Waals surface area contributed by atoms with Gasteiger partial charge in [0.2, 0.25) is 5.91 Å². The van der Waals surface area contributed by atoms with Crippen molar-refractivity contribution in [1.82, 2.24) is 9.88 Å². The van der Waals surface area contributed by atoms with Crippen LogP contribution in [0.5, 0.6) is 0 Å². The molecular formula is C23H25ClF2N3O8PS. The van der Waals surface area contributed by atoms with Crippen molar-refractivity contribution in [3.8, 4) is 0 Å². The van der Waals surface area contributed by atoms with Crippen LogP contribution in [0.25, 0.3) is 10.2 Å². The molecule has 3 rings (SSSR count). The van der Waals surface area contributed by atoms with Gasteiger partial charge in [0.05, 0.1) is 34.0 Å². The smallest absolute Gasteiger partial charge is 0.447 e. The molecule has 3 aromatic rings. The summed E-state index contributed by atoms with van der Waals surface area (Å²) >= 11 is 6.96.